The fourth-order valence-electron chi connectivity index (χ4n) is 4.24. The molecule has 0 N–H and O–H groups in total. The van der Waals surface area contributed by atoms with Crippen molar-refractivity contribution in [2.24, 2.45) is 0 Å². The van der Waals surface area contributed by atoms with E-state index in [2.05, 4.69) is 48.1 Å². The highest BCUT2D eigenvalue weighted by molar-refractivity contribution is 5.45. The van der Waals surface area contributed by atoms with Crippen LogP contribution in [0.1, 0.15) is 68.9 Å². The molecule has 3 rings (SSSR count). The molecule has 0 saturated heterocycles. The first kappa shape index (κ1) is 23.2. The number of hydrogen-bond acceptors (Lipinski definition) is 1. The molecule has 166 valence electrons. The predicted molar refractivity (Wildman–Crippen MR) is 120 cm³/mol. The van der Waals surface area contributed by atoms with Crippen LogP contribution in [0.2, 0.25) is 0 Å². The highest BCUT2D eigenvalue weighted by Crippen LogP contribution is 2.40. The molecule has 0 atom stereocenters. The number of benzene rings is 2. The number of allylic oxidation sites excluding steroid dienone is 4. The van der Waals surface area contributed by atoms with Gasteiger partial charge < -0.3 is 4.74 Å². The van der Waals surface area contributed by atoms with E-state index in [4.69, 9.17) is 0 Å². The third kappa shape index (κ3) is 6.75. The SMILES string of the molecule is CCCCCCCCC1(c2ccc(OC(F)(F)F)cc2)C=CC(c2ccccc2)C=C1. The molecule has 0 spiro atoms. The van der Waals surface area contributed by atoms with E-state index < -0.39 is 6.36 Å². The van der Waals surface area contributed by atoms with E-state index in [9.17, 15) is 13.2 Å². The number of hydrogen-bond donors (Lipinski definition) is 0. The smallest absolute Gasteiger partial charge is 0.406 e. The van der Waals surface area contributed by atoms with Crippen molar-refractivity contribution in [1.82, 2.24) is 0 Å². The standard InChI is InChI=1S/C27H31F3O/c1-2-3-4-5-6-10-19-26(24-13-15-25(16-14-24)31-27(28,29)30)20-17-23(18-21-26)22-11-8-7-9-12-22/h7-9,11-18,20-21,23H,2-6,10,19H2,1H3. The minimum atomic E-state index is -4.68. The van der Waals surface area contributed by atoms with Gasteiger partial charge in [0.25, 0.3) is 0 Å². The van der Waals surface area contributed by atoms with Crippen molar-refractivity contribution in [2.45, 2.75) is 69.6 Å². The van der Waals surface area contributed by atoms with Gasteiger partial charge in [-0.15, -0.1) is 13.2 Å². The molecule has 1 aliphatic carbocycles. The second-order valence-electron chi connectivity index (χ2n) is 8.29. The van der Waals surface area contributed by atoms with Gasteiger partial charge in [0.2, 0.25) is 0 Å². The molecule has 0 radical (unpaired) electrons. The van der Waals surface area contributed by atoms with Crippen molar-refractivity contribution >= 4 is 0 Å². The van der Waals surface area contributed by atoms with Gasteiger partial charge in [-0.2, -0.15) is 0 Å². The van der Waals surface area contributed by atoms with E-state index in [1.165, 1.54) is 49.8 Å². The van der Waals surface area contributed by atoms with Gasteiger partial charge >= 0.3 is 6.36 Å². The van der Waals surface area contributed by atoms with Crippen molar-refractivity contribution in [3.63, 3.8) is 0 Å². The molecule has 0 saturated carbocycles. The maximum Gasteiger partial charge on any atom is 0.573 e. The summed E-state index contributed by atoms with van der Waals surface area (Å²) in [7, 11) is 0. The van der Waals surface area contributed by atoms with Crippen LogP contribution >= 0.6 is 0 Å². The van der Waals surface area contributed by atoms with Crippen LogP contribution in [0, 0.1) is 0 Å². The molecule has 4 heteroatoms. The van der Waals surface area contributed by atoms with Gasteiger partial charge in [0.1, 0.15) is 5.75 Å². The zero-order chi connectivity index (χ0) is 22.2. The summed E-state index contributed by atoms with van der Waals surface area (Å²) in [6, 6.07) is 16.7. The van der Waals surface area contributed by atoms with E-state index >= 15 is 0 Å². The van der Waals surface area contributed by atoms with Gasteiger partial charge in [-0.3, -0.25) is 0 Å². The Hall–Kier alpha value is -2.49. The lowest BCUT2D eigenvalue weighted by atomic mass is 9.72. The zero-order valence-corrected chi connectivity index (χ0v) is 18.1. The van der Waals surface area contributed by atoms with Gasteiger partial charge in [0.05, 0.1) is 0 Å². The van der Waals surface area contributed by atoms with Crippen LogP contribution in [0.15, 0.2) is 78.9 Å². The van der Waals surface area contributed by atoms with E-state index in [1.807, 2.05) is 18.2 Å². The van der Waals surface area contributed by atoms with E-state index in [0.717, 1.165) is 18.4 Å². The molecular weight excluding hydrogens is 397 g/mol. The second kappa shape index (κ2) is 10.7. The highest BCUT2D eigenvalue weighted by atomic mass is 19.4. The molecule has 1 aliphatic rings. The molecule has 0 aromatic heterocycles. The van der Waals surface area contributed by atoms with E-state index in [-0.39, 0.29) is 17.1 Å². The minimum Gasteiger partial charge on any atom is -0.406 e. The first-order valence-electron chi connectivity index (χ1n) is 11.2. The molecule has 31 heavy (non-hydrogen) atoms. The minimum absolute atomic E-state index is 0.183. The predicted octanol–water partition coefficient (Wildman–Crippen LogP) is 8.48. The average Bonchev–Trinajstić information content (AvgIpc) is 2.76. The van der Waals surface area contributed by atoms with Gasteiger partial charge in [0, 0.05) is 11.3 Å². The van der Waals surface area contributed by atoms with Crippen LogP contribution in [0.4, 0.5) is 13.2 Å². The molecule has 2 aromatic carbocycles. The summed E-state index contributed by atoms with van der Waals surface area (Å²) in [5.41, 5.74) is 1.93. The molecule has 0 amide bonds. The third-order valence-electron chi connectivity index (χ3n) is 5.96. The molecular formula is C27H31F3O. The summed E-state index contributed by atoms with van der Waals surface area (Å²) in [6.45, 7) is 2.21. The Labute approximate surface area is 183 Å². The number of halogens is 3. The first-order chi connectivity index (χ1) is 14.9. The number of ether oxygens (including phenoxy) is 1. The molecule has 0 heterocycles. The lowest BCUT2D eigenvalue weighted by Crippen LogP contribution is -2.24. The van der Waals surface area contributed by atoms with Crippen LogP contribution in [-0.4, -0.2) is 6.36 Å². The third-order valence-corrected chi connectivity index (χ3v) is 5.96. The van der Waals surface area contributed by atoms with Crippen molar-refractivity contribution in [1.29, 1.82) is 0 Å². The van der Waals surface area contributed by atoms with Gasteiger partial charge in [-0.25, -0.2) is 0 Å². The second-order valence-corrected chi connectivity index (χ2v) is 8.29. The zero-order valence-electron chi connectivity index (χ0n) is 18.1. The van der Waals surface area contributed by atoms with Crippen molar-refractivity contribution in [2.75, 3.05) is 0 Å². The number of alkyl halides is 3. The maximum absolute atomic E-state index is 12.5. The Kier molecular flexibility index (Phi) is 8.00. The van der Waals surface area contributed by atoms with Crippen LogP contribution in [0.3, 0.4) is 0 Å². The van der Waals surface area contributed by atoms with Crippen LogP contribution < -0.4 is 4.74 Å². The fraction of sp³-hybridized carbons (Fsp3) is 0.407. The maximum atomic E-state index is 12.5. The quantitative estimate of drug-likeness (QED) is 0.272. The summed E-state index contributed by atoms with van der Waals surface area (Å²) >= 11 is 0. The highest BCUT2D eigenvalue weighted by Gasteiger charge is 2.32. The fourth-order valence-corrected chi connectivity index (χ4v) is 4.24. The van der Waals surface area contributed by atoms with Gasteiger partial charge in [0.15, 0.2) is 0 Å². The monoisotopic (exact) mass is 428 g/mol. The van der Waals surface area contributed by atoms with Crippen LogP contribution in [-0.2, 0) is 5.41 Å². The lowest BCUT2D eigenvalue weighted by molar-refractivity contribution is -0.274. The molecule has 0 aliphatic heterocycles. The van der Waals surface area contributed by atoms with Crippen LogP contribution in [0.5, 0.6) is 5.75 Å². The normalized spacial score (nSPS) is 20.7. The van der Waals surface area contributed by atoms with Crippen molar-refractivity contribution < 1.29 is 17.9 Å². The van der Waals surface area contributed by atoms with Crippen molar-refractivity contribution in [3.8, 4) is 5.75 Å². The Morgan fingerprint density at radius 2 is 1.42 bits per heavy atom. The number of unbranched alkanes of at least 4 members (excludes halogenated alkanes) is 5. The molecule has 2 aromatic rings. The van der Waals surface area contributed by atoms with Gasteiger partial charge in [-0.1, -0.05) is 112 Å². The Morgan fingerprint density at radius 1 is 0.806 bits per heavy atom. The molecule has 0 bridgehead atoms. The molecule has 0 unspecified atom stereocenters. The Balaban J connectivity index is 1.76. The van der Waals surface area contributed by atoms with E-state index in [1.54, 1.807) is 12.1 Å². The number of rotatable bonds is 10. The lowest BCUT2D eigenvalue weighted by Gasteiger charge is -2.32. The topological polar surface area (TPSA) is 9.23 Å². The van der Waals surface area contributed by atoms with Crippen molar-refractivity contribution in [3.05, 3.63) is 90.0 Å². The van der Waals surface area contributed by atoms with Gasteiger partial charge in [-0.05, 0) is 29.7 Å². The molecule has 1 nitrogen and oxygen atoms in total. The Bertz CT molecular complexity index is 836. The Morgan fingerprint density at radius 3 is 2.03 bits per heavy atom. The summed E-state index contributed by atoms with van der Waals surface area (Å²) in [5, 5.41) is 0. The largest absolute Gasteiger partial charge is 0.573 e. The molecule has 0 fully saturated rings. The summed E-state index contributed by atoms with van der Waals surface area (Å²) in [5.74, 6) is 0.0311. The summed E-state index contributed by atoms with van der Waals surface area (Å²) < 4.78 is 41.6. The summed E-state index contributed by atoms with van der Waals surface area (Å²) in [6.07, 6.45) is 12.4. The van der Waals surface area contributed by atoms with Crippen LogP contribution in [0.25, 0.3) is 0 Å². The first-order valence-corrected chi connectivity index (χ1v) is 11.2. The average molecular weight is 429 g/mol. The van der Waals surface area contributed by atoms with E-state index in [0.29, 0.717) is 0 Å². The summed E-state index contributed by atoms with van der Waals surface area (Å²) in [4.78, 5) is 0.